The molecule has 7 heteroatoms. The minimum atomic E-state index is -0.674. The van der Waals surface area contributed by atoms with Crippen molar-refractivity contribution in [3.05, 3.63) is 53.1 Å². The van der Waals surface area contributed by atoms with Gasteiger partial charge in [-0.15, -0.1) is 5.10 Å². The molecule has 1 aliphatic heterocycles. The molecule has 4 rings (SSSR count). The molecule has 1 aromatic carbocycles. The third kappa shape index (κ3) is 3.30. The van der Waals surface area contributed by atoms with Crippen molar-refractivity contribution < 1.29 is 9.50 Å². The summed E-state index contributed by atoms with van der Waals surface area (Å²) < 4.78 is 14.3. The number of nitrogens with one attached hydrogen (secondary N) is 1. The van der Waals surface area contributed by atoms with Crippen LogP contribution in [0.4, 0.5) is 16.0 Å². The highest BCUT2D eigenvalue weighted by Crippen LogP contribution is 2.31. The van der Waals surface area contributed by atoms with Gasteiger partial charge in [0, 0.05) is 42.2 Å². The number of β-amino-alcohol motifs (C(OH)–C–C–N with tert-alkyl or cyclic N) is 1. The van der Waals surface area contributed by atoms with Crippen molar-refractivity contribution in [3.63, 3.8) is 0 Å². The Morgan fingerprint density at radius 3 is 2.74 bits per heavy atom. The second-order valence-electron chi connectivity index (χ2n) is 7.48. The Kier molecular flexibility index (Phi) is 4.19. The Morgan fingerprint density at radius 1 is 1.22 bits per heavy atom. The monoisotopic (exact) mass is 367 g/mol. The Morgan fingerprint density at radius 2 is 2.00 bits per heavy atom. The number of anilines is 2. The van der Waals surface area contributed by atoms with E-state index in [0.29, 0.717) is 36.6 Å². The van der Waals surface area contributed by atoms with Crippen LogP contribution in [0.15, 0.2) is 30.5 Å². The van der Waals surface area contributed by atoms with Gasteiger partial charge in [0.25, 0.3) is 0 Å². The lowest BCUT2D eigenvalue weighted by atomic mass is 9.97. The predicted octanol–water partition coefficient (Wildman–Crippen LogP) is 2.96. The minimum absolute atomic E-state index is 0.209. The Balaban J connectivity index is 1.65. The van der Waals surface area contributed by atoms with E-state index < -0.39 is 5.60 Å². The molecule has 2 aromatic heterocycles. The number of benzene rings is 1. The van der Waals surface area contributed by atoms with Crippen LogP contribution < -0.4 is 10.2 Å². The number of aromatic nitrogens is 3. The molecule has 0 unspecified atom stereocenters. The third-order valence-corrected chi connectivity index (χ3v) is 4.94. The molecule has 0 saturated carbocycles. The van der Waals surface area contributed by atoms with Gasteiger partial charge in [0.2, 0.25) is 0 Å². The standard InChI is InChI=1S/C20H22FN5O/c1-12-5-4-6-14(18(12)21)8-23-19-15-7-17(26-10-20(3,27)11-26)22-9-16(15)13(2)24-25-19/h4-7,9,27H,8,10-11H2,1-3H3,(H,23,25). The Labute approximate surface area is 157 Å². The van der Waals surface area contributed by atoms with E-state index in [0.717, 1.165) is 22.3 Å². The number of aliphatic hydroxyl groups is 1. The summed E-state index contributed by atoms with van der Waals surface area (Å²) >= 11 is 0. The zero-order valence-corrected chi connectivity index (χ0v) is 15.6. The Bertz CT molecular complexity index is 1010. The lowest BCUT2D eigenvalue weighted by Crippen LogP contribution is -2.60. The molecule has 3 aromatic rings. The minimum Gasteiger partial charge on any atom is -0.386 e. The highest BCUT2D eigenvalue weighted by Gasteiger charge is 2.37. The molecule has 0 radical (unpaired) electrons. The molecule has 140 valence electrons. The number of hydrogen-bond acceptors (Lipinski definition) is 6. The summed E-state index contributed by atoms with van der Waals surface area (Å²) in [5, 5.41) is 23.4. The lowest BCUT2D eigenvalue weighted by molar-refractivity contribution is 0.0305. The van der Waals surface area contributed by atoms with Gasteiger partial charge in [0.05, 0.1) is 11.3 Å². The molecular formula is C20H22FN5O. The molecule has 1 fully saturated rings. The van der Waals surface area contributed by atoms with Crippen molar-refractivity contribution >= 4 is 22.4 Å². The molecule has 0 spiro atoms. The van der Waals surface area contributed by atoms with Gasteiger partial charge >= 0.3 is 0 Å². The van der Waals surface area contributed by atoms with Crippen LogP contribution in [0.3, 0.4) is 0 Å². The largest absolute Gasteiger partial charge is 0.386 e. The zero-order chi connectivity index (χ0) is 19.2. The number of aryl methyl sites for hydroxylation is 2. The molecule has 3 heterocycles. The average molecular weight is 367 g/mol. The average Bonchev–Trinajstić information content (AvgIpc) is 2.62. The van der Waals surface area contributed by atoms with E-state index in [1.165, 1.54) is 0 Å². The topological polar surface area (TPSA) is 74.2 Å². The third-order valence-electron chi connectivity index (χ3n) is 4.94. The second-order valence-corrected chi connectivity index (χ2v) is 7.48. The summed E-state index contributed by atoms with van der Waals surface area (Å²) in [7, 11) is 0. The van der Waals surface area contributed by atoms with Crippen molar-refractivity contribution in [1.29, 1.82) is 0 Å². The van der Waals surface area contributed by atoms with Crippen LogP contribution in [-0.4, -0.2) is 39.0 Å². The number of nitrogens with zero attached hydrogens (tertiary/aromatic N) is 4. The number of hydrogen-bond donors (Lipinski definition) is 2. The first kappa shape index (κ1) is 17.6. The molecule has 6 nitrogen and oxygen atoms in total. The smallest absolute Gasteiger partial charge is 0.157 e. The first-order chi connectivity index (χ1) is 12.8. The number of halogens is 1. The van der Waals surface area contributed by atoms with E-state index >= 15 is 0 Å². The fourth-order valence-electron chi connectivity index (χ4n) is 3.43. The van der Waals surface area contributed by atoms with Crippen LogP contribution in [0, 0.1) is 19.7 Å². The van der Waals surface area contributed by atoms with Crippen LogP contribution in [0.25, 0.3) is 10.8 Å². The SMILES string of the molecule is Cc1cccc(CNc2nnc(C)c3cnc(N4CC(C)(O)C4)cc23)c1F. The van der Waals surface area contributed by atoms with Crippen LogP contribution in [0.5, 0.6) is 0 Å². The van der Waals surface area contributed by atoms with E-state index in [-0.39, 0.29) is 5.82 Å². The summed E-state index contributed by atoms with van der Waals surface area (Å²) in [5.74, 6) is 1.16. The fraction of sp³-hybridized carbons (Fsp3) is 0.350. The van der Waals surface area contributed by atoms with Gasteiger partial charge in [0.15, 0.2) is 5.82 Å². The molecule has 0 atom stereocenters. The van der Waals surface area contributed by atoms with E-state index in [4.69, 9.17) is 0 Å². The van der Waals surface area contributed by atoms with Crippen molar-refractivity contribution in [1.82, 2.24) is 15.2 Å². The van der Waals surface area contributed by atoms with Crippen molar-refractivity contribution in [2.75, 3.05) is 23.3 Å². The first-order valence-corrected chi connectivity index (χ1v) is 8.92. The van der Waals surface area contributed by atoms with Crippen LogP contribution in [-0.2, 0) is 6.54 Å². The van der Waals surface area contributed by atoms with E-state index in [2.05, 4.69) is 20.5 Å². The molecule has 0 bridgehead atoms. The maximum absolute atomic E-state index is 14.3. The van der Waals surface area contributed by atoms with Gasteiger partial charge in [-0.25, -0.2) is 9.37 Å². The number of pyridine rings is 1. The quantitative estimate of drug-likeness (QED) is 0.739. The normalized spacial score (nSPS) is 15.7. The number of fused-ring (bicyclic) bond motifs is 1. The fourth-order valence-corrected chi connectivity index (χ4v) is 3.43. The zero-order valence-electron chi connectivity index (χ0n) is 15.6. The first-order valence-electron chi connectivity index (χ1n) is 8.92. The highest BCUT2D eigenvalue weighted by molar-refractivity contribution is 5.94. The predicted molar refractivity (Wildman–Crippen MR) is 103 cm³/mol. The summed E-state index contributed by atoms with van der Waals surface area (Å²) in [6.45, 7) is 6.84. The molecule has 0 aliphatic carbocycles. The van der Waals surface area contributed by atoms with Crippen molar-refractivity contribution in [3.8, 4) is 0 Å². The van der Waals surface area contributed by atoms with Crippen LogP contribution in [0.1, 0.15) is 23.7 Å². The number of rotatable bonds is 4. The summed E-state index contributed by atoms with van der Waals surface area (Å²) in [6, 6.07) is 7.29. The maximum atomic E-state index is 14.3. The van der Waals surface area contributed by atoms with Gasteiger partial charge in [-0.05, 0) is 32.4 Å². The van der Waals surface area contributed by atoms with Crippen LogP contribution in [0.2, 0.25) is 0 Å². The molecule has 1 saturated heterocycles. The lowest BCUT2D eigenvalue weighted by Gasteiger charge is -2.45. The molecular weight excluding hydrogens is 345 g/mol. The van der Waals surface area contributed by atoms with Gasteiger partial charge in [-0.2, -0.15) is 5.10 Å². The molecule has 27 heavy (non-hydrogen) atoms. The maximum Gasteiger partial charge on any atom is 0.157 e. The summed E-state index contributed by atoms with van der Waals surface area (Å²) in [5.41, 5.74) is 1.31. The van der Waals surface area contributed by atoms with Gasteiger partial charge < -0.3 is 15.3 Å². The molecule has 0 amide bonds. The Hall–Kier alpha value is -2.80. The van der Waals surface area contributed by atoms with Gasteiger partial charge in [0.1, 0.15) is 11.6 Å². The highest BCUT2D eigenvalue weighted by atomic mass is 19.1. The van der Waals surface area contributed by atoms with Crippen molar-refractivity contribution in [2.45, 2.75) is 32.9 Å². The second kappa shape index (κ2) is 6.42. The van der Waals surface area contributed by atoms with Crippen molar-refractivity contribution in [2.24, 2.45) is 0 Å². The summed E-state index contributed by atoms with van der Waals surface area (Å²) in [6.07, 6.45) is 1.78. The van der Waals surface area contributed by atoms with Crippen LogP contribution >= 0.6 is 0 Å². The van der Waals surface area contributed by atoms with Gasteiger partial charge in [-0.3, -0.25) is 0 Å². The molecule has 1 aliphatic rings. The van der Waals surface area contributed by atoms with E-state index in [9.17, 15) is 9.50 Å². The van der Waals surface area contributed by atoms with E-state index in [1.54, 1.807) is 25.3 Å². The summed E-state index contributed by atoms with van der Waals surface area (Å²) in [4.78, 5) is 6.51. The molecule has 2 N–H and O–H groups in total. The van der Waals surface area contributed by atoms with Gasteiger partial charge in [-0.1, -0.05) is 18.2 Å². The van der Waals surface area contributed by atoms with E-state index in [1.807, 2.05) is 30.9 Å².